The van der Waals surface area contributed by atoms with Gasteiger partial charge in [-0.3, -0.25) is 0 Å². The van der Waals surface area contributed by atoms with Crippen LogP contribution in [0.2, 0.25) is 0 Å². The Morgan fingerprint density at radius 2 is 2.00 bits per heavy atom. The molecule has 2 rings (SSSR count). The van der Waals surface area contributed by atoms with E-state index in [0.717, 1.165) is 12.0 Å². The van der Waals surface area contributed by atoms with Crippen LogP contribution in [0.4, 0.5) is 0 Å². The zero-order valence-corrected chi connectivity index (χ0v) is 8.76. The van der Waals surface area contributed by atoms with Crippen LogP contribution in [0.1, 0.15) is 32.1 Å². The molecular weight excluding hydrogens is 160 g/mol. The Morgan fingerprint density at radius 1 is 1.15 bits per heavy atom. The summed E-state index contributed by atoms with van der Waals surface area (Å²) in [4.78, 5) is 2.73. The van der Waals surface area contributed by atoms with Crippen LogP contribution in [0.25, 0.3) is 0 Å². The molecule has 1 N–H and O–H groups in total. The number of rotatable bonds is 2. The van der Waals surface area contributed by atoms with Gasteiger partial charge in [-0.2, -0.15) is 0 Å². The van der Waals surface area contributed by atoms with E-state index >= 15 is 0 Å². The molecule has 0 aromatic carbocycles. The van der Waals surface area contributed by atoms with Crippen LogP contribution in [-0.2, 0) is 0 Å². The fraction of sp³-hybridized carbons (Fsp3) is 1.00. The van der Waals surface area contributed by atoms with Crippen LogP contribution in [0.5, 0.6) is 0 Å². The summed E-state index contributed by atoms with van der Waals surface area (Å²) in [6, 6.07) is 0.912. The number of hydrogen-bond donors (Lipinski definition) is 1. The first-order valence-corrected chi connectivity index (χ1v) is 5.80. The van der Waals surface area contributed by atoms with Crippen molar-refractivity contribution in [2.75, 3.05) is 26.7 Å². The van der Waals surface area contributed by atoms with E-state index in [1.54, 1.807) is 0 Å². The second-order valence-corrected chi connectivity index (χ2v) is 4.56. The maximum absolute atomic E-state index is 3.34. The second-order valence-electron chi connectivity index (χ2n) is 4.56. The maximum atomic E-state index is 3.34. The number of nitrogens with zero attached hydrogens (tertiary/aromatic N) is 1. The average molecular weight is 182 g/mol. The van der Waals surface area contributed by atoms with Crippen LogP contribution in [0, 0.1) is 5.92 Å². The minimum Gasteiger partial charge on any atom is -0.319 e. The highest BCUT2D eigenvalue weighted by Gasteiger charge is 2.32. The fourth-order valence-electron chi connectivity index (χ4n) is 3.08. The molecule has 76 valence electrons. The normalized spacial score (nSPS) is 35.8. The predicted octanol–water partition coefficient (Wildman–Crippen LogP) is 1.47. The van der Waals surface area contributed by atoms with E-state index in [9.17, 15) is 0 Å². The Morgan fingerprint density at radius 3 is 2.85 bits per heavy atom. The molecule has 2 fully saturated rings. The van der Waals surface area contributed by atoms with Gasteiger partial charge in [-0.25, -0.2) is 0 Å². The first kappa shape index (κ1) is 9.47. The summed E-state index contributed by atoms with van der Waals surface area (Å²) in [6.45, 7) is 3.96. The lowest BCUT2D eigenvalue weighted by Crippen LogP contribution is -2.50. The molecule has 2 aliphatic rings. The maximum Gasteiger partial charge on any atom is 0.0136 e. The van der Waals surface area contributed by atoms with Gasteiger partial charge in [-0.15, -0.1) is 0 Å². The lowest BCUT2D eigenvalue weighted by atomic mass is 9.83. The van der Waals surface area contributed by atoms with E-state index in [2.05, 4.69) is 17.3 Å². The van der Waals surface area contributed by atoms with E-state index in [0.29, 0.717) is 0 Å². The zero-order valence-electron chi connectivity index (χ0n) is 8.76. The fourth-order valence-corrected chi connectivity index (χ4v) is 3.08. The summed E-state index contributed by atoms with van der Waals surface area (Å²) in [6.07, 6.45) is 7.21. The number of nitrogens with one attached hydrogen (secondary N) is 1. The minimum absolute atomic E-state index is 0.912. The van der Waals surface area contributed by atoms with Crippen LogP contribution >= 0.6 is 0 Å². The quantitative estimate of drug-likeness (QED) is 0.695. The largest absolute Gasteiger partial charge is 0.319 e. The highest BCUT2D eigenvalue weighted by molar-refractivity contribution is 4.87. The molecule has 0 unspecified atom stereocenters. The molecular formula is C11H22N2. The lowest BCUT2D eigenvalue weighted by Gasteiger charge is -2.44. The summed E-state index contributed by atoms with van der Waals surface area (Å²) in [7, 11) is 2.09. The first-order chi connectivity index (χ1) is 6.42. The molecule has 13 heavy (non-hydrogen) atoms. The van der Waals surface area contributed by atoms with Crippen molar-refractivity contribution in [3.05, 3.63) is 0 Å². The van der Waals surface area contributed by atoms with Gasteiger partial charge in [0.2, 0.25) is 0 Å². The summed E-state index contributed by atoms with van der Waals surface area (Å²) >= 11 is 0. The third-order valence-electron chi connectivity index (χ3n) is 3.69. The SMILES string of the molecule is CNC[C@@H]1CCCN2CCCC[C@H]12. The Labute approximate surface area is 81.7 Å². The highest BCUT2D eigenvalue weighted by Crippen LogP contribution is 2.30. The predicted molar refractivity (Wildman–Crippen MR) is 55.9 cm³/mol. The molecule has 0 spiro atoms. The second kappa shape index (κ2) is 4.43. The van der Waals surface area contributed by atoms with E-state index in [4.69, 9.17) is 0 Å². The van der Waals surface area contributed by atoms with Gasteiger partial charge in [-0.05, 0) is 58.3 Å². The third-order valence-corrected chi connectivity index (χ3v) is 3.69. The van der Waals surface area contributed by atoms with E-state index in [1.807, 2.05) is 0 Å². The van der Waals surface area contributed by atoms with Crippen molar-refractivity contribution in [2.45, 2.75) is 38.1 Å². The van der Waals surface area contributed by atoms with Crippen LogP contribution in [-0.4, -0.2) is 37.6 Å². The Balaban J connectivity index is 1.94. The highest BCUT2D eigenvalue weighted by atomic mass is 15.2. The zero-order chi connectivity index (χ0) is 9.10. The summed E-state index contributed by atoms with van der Waals surface area (Å²) < 4.78 is 0. The van der Waals surface area contributed by atoms with Gasteiger partial charge in [0.05, 0.1) is 0 Å². The van der Waals surface area contributed by atoms with Crippen molar-refractivity contribution in [2.24, 2.45) is 5.92 Å². The average Bonchev–Trinajstić information content (AvgIpc) is 2.19. The lowest BCUT2D eigenvalue weighted by molar-refractivity contribution is 0.0603. The smallest absolute Gasteiger partial charge is 0.0136 e. The molecule has 2 nitrogen and oxygen atoms in total. The van der Waals surface area contributed by atoms with Gasteiger partial charge in [0, 0.05) is 6.04 Å². The van der Waals surface area contributed by atoms with Gasteiger partial charge in [-0.1, -0.05) is 6.42 Å². The van der Waals surface area contributed by atoms with Crippen molar-refractivity contribution < 1.29 is 0 Å². The molecule has 0 saturated carbocycles. The van der Waals surface area contributed by atoms with Gasteiger partial charge < -0.3 is 10.2 Å². The standard InChI is InChI=1S/C11H22N2/c1-12-9-10-5-4-8-13-7-3-2-6-11(10)13/h10-12H,2-9H2,1H3/t10-,11+/m0/s1. The molecule has 0 amide bonds. The first-order valence-electron chi connectivity index (χ1n) is 5.80. The molecule has 2 heterocycles. The third kappa shape index (κ3) is 2.05. The Kier molecular flexibility index (Phi) is 3.23. The van der Waals surface area contributed by atoms with Gasteiger partial charge in [0.15, 0.2) is 0 Å². The monoisotopic (exact) mass is 182 g/mol. The molecule has 2 heteroatoms. The van der Waals surface area contributed by atoms with Gasteiger partial charge in [0.1, 0.15) is 0 Å². The number of piperidine rings is 2. The molecule has 2 saturated heterocycles. The molecule has 0 bridgehead atoms. The van der Waals surface area contributed by atoms with E-state index < -0.39 is 0 Å². The van der Waals surface area contributed by atoms with Crippen LogP contribution < -0.4 is 5.32 Å². The summed E-state index contributed by atoms with van der Waals surface area (Å²) in [5.74, 6) is 0.930. The summed E-state index contributed by atoms with van der Waals surface area (Å²) in [5.41, 5.74) is 0. The van der Waals surface area contributed by atoms with Gasteiger partial charge >= 0.3 is 0 Å². The molecule has 2 aliphatic heterocycles. The van der Waals surface area contributed by atoms with Crippen LogP contribution in [0.15, 0.2) is 0 Å². The Bertz CT molecular complexity index is 154. The van der Waals surface area contributed by atoms with Crippen molar-refractivity contribution in [3.63, 3.8) is 0 Å². The van der Waals surface area contributed by atoms with Crippen molar-refractivity contribution in [3.8, 4) is 0 Å². The van der Waals surface area contributed by atoms with Crippen molar-refractivity contribution in [1.29, 1.82) is 0 Å². The Hall–Kier alpha value is -0.0800. The van der Waals surface area contributed by atoms with Crippen molar-refractivity contribution >= 4 is 0 Å². The van der Waals surface area contributed by atoms with Crippen molar-refractivity contribution in [1.82, 2.24) is 10.2 Å². The minimum atomic E-state index is 0.912. The molecule has 2 atom stereocenters. The number of fused-ring (bicyclic) bond motifs is 1. The topological polar surface area (TPSA) is 15.3 Å². The molecule has 0 aliphatic carbocycles. The molecule has 0 aromatic heterocycles. The summed E-state index contributed by atoms with van der Waals surface area (Å²) in [5, 5.41) is 3.34. The molecule has 0 radical (unpaired) electrons. The molecule has 0 aromatic rings. The van der Waals surface area contributed by atoms with E-state index in [1.165, 1.54) is 51.7 Å². The number of hydrogen-bond acceptors (Lipinski definition) is 2. The van der Waals surface area contributed by atoms with E-state index in [-0.39, 0.29) is 0 Å². The van der Waals surface area contributed by atoms with Crippen LogP contribution in [0.3, 0.4) is 0 Å². The van der Waals surface area contributed by atoms with Gasteiger partial charge in [0.25, 0.3) is 0 Å².